The fourth-order valence-corrected chi connectivity index (χ4v) is 7.00. The number of carbonyl (C=O) groups is 1. The third-order valence-electron chi connectivity index (χ3n) is 7.30. The van der Waals surface area contributed by atoms with Gasteiger partial charge in [-0.25, -0.2) is 8.42 Å². The van der Waals surface area contributed by atoms with Crippen LogP contribution in [0.1, 0.15) is 27.0 Å². The largest absolute Gasteiger partial charge is 0.454 e. The van der Waals surface area contributed by atoms with E-state index in [9.17, 15) is 13.2 Å². The number of fused-ring (bicyclic) bond motifs is 2. The molecule has 41 heavy (non-hydrogen) atoms. The van der Waals surface area contributed by atoms with Crippen molar-refractivity contribution in [3.63, 3.8) is 0 Å². The van der Waals surface area contributed by atoms with E-state index < -0.39 is 21.7 Å². The van der Waals surface area contributed by atoms with E-state index in [1.54, 1.807) is 6.92 Å². The number of benzene rings is 3. The Morgan fingerprint density at radius 2 is 1.71 bits per heavy atom. The minimum atomic E-state index is -3.89. The molecular formula is C29H33ClN6O4S. The van der Waals surface area contributed by atoms with E-state index in [0.29, 0.717) is 21.9 Å². The lowest BCUT2D eigenvalue weighted by atomic mass is 10.1. The zero-order chi connectivity index (χ0) is 29.5. The van der Waals surface area contributed by atoms with Gasteiger partial charge in [-0.1, -0.05) is 23.7 Å². The Hall–Kier alpha value is -3.80. The molecule has 0 aromatic heterocycles. The van der Waals surface area contributed by atoms with Gasteiger partial charge in [0.05, 0.1) is 10.8 Å². The topological polar surface area (TPSA) is 135 Å². The van der Waals surface area contributed by atoms with E-state index in [1.165, 1.54) is 23.4 Å². The number of hydrogen-bond acceptors (Lipinski definition) is 7. The summed E-state index contributed by atoms with van der Waals surface area (Å²) in [5.41, 5.74) is 14.9. The first-order chi connectivity index (χ1) is 19.4. The van der Waals surface area contributed by atoms with Crippen molar-refractivity contribution in [2.75, 3.05) is 50.1 Å². The van der Waals surface area contributed by atoms with Crippen LogP contribution in [0.15, 0.2) is 58.4 Å². The van der Waals surface area contributed by atoms with Crippen molar-refractivity contribution in [1.82, 2.24) is 4.90 Å². The van der Waals surface area contributed by atoms with Crippen LogP contribution >= 0.6 is 11.6 Å². The van der Waals surface area contributed by atoms with E-state index in [2.05, 4.69) is 44.0 Å². The summed E-state index contributed by atoms with van der Waals surface area (Å²) in [7, 11) is 0.163. The number of rotatable bonds is 5. The minimum Gasteiger partial charge on any atom is -0.454 e. The number of ether oxygens (including phenoxy) is 1. The Kier molecular flexibility index (Phi) is 7.87. The van der Waals surface area contributed by atoms with Gasteiger partial charge in [0, 0.05) is 69.3 Å². The maximum Gasteiger partial charge on any atom is 0.280 e. The summed E-state index contributed by atoms with van der Waals surface area (Å²) in [4.78, 5) is 22.5. The molecule has 0 saturated carbocycles. The second-order valence-electron chi connectivity index (χ2n) is 10.6. The molecular weight excluding hydrogens is 564 g/mol. The van der Waals surface area contributed by atoms with E-state index in [1.807, 2.05) is 26.2 Å². The number of amides is 1. The van der Waals surface area contributed by atoms with E-state index >= 15 is 0 Å². The van der Waals surface area contributed by atoms with Gasteiger partial charge >= 0.3 is 0 Å². The third-order valence-corrected chi connectivity index (χ3v) is 9.25. The number of aliphatic imine (C=N–C) groups is 1. The number of nitrogens with two attached hydrogens (primary N) is 2. The normalized spacial score (nSPS) is 16.1. The number of halogens is 1. The van der Waals surface area contributed by atoms with Crippen LogP contribution in [0.25, 0.3) is 0 Å². The zero-order valence-electron chi connectivity index (χ0n) is 23.2. The molecule has 1 amide bonds. The van der Waals surface area contributed by atoms with Gasteiger partial charge in [0.15, 0.2) is 15.8 Å². The third kappa shape index (κ3) is 6.12. The molecule has 0 radical (unpaired) electrons. The van der Waals surface area contributed by atoms with Crippen molar-refractivity contribution in [1.29, 1.82) is 0 Å². The number of hydrogen-bond donors (Lipinski definition) is 2. The van der Waals surface area contributed by atoms with Crippen LogP contribution in [0.2, 0.25) is 5.02 Å². The molecule has 4 N–H and O–H groups in total. The highest BCUT2D eigenvalue weighted by Crippen LogP contribution is 2.45. The number of anilines is 2. The molecule has 1 fully saturated rings. The number of guanidine groups is 1. The van der Waals surface area contributed by atoms with Crippen LogP contribution in [0.3, 0.4) is 0 Å². The molecule has 1 saturated heterocycles. The molecule has 0 spiro atoms. The fraction of sp³-hybridized carbons (Fsp3) is 0.310. The molecule has 12 heteroatoms. The smallest absolute Gasteiger partial charge is 0.280 e. The van der Waals surface area contributed by atoms with Crippen molar-refractivity contribution in [3.8, 4) is 11.5 Å². The minimum absolute atomic E-state index is 0.0473. The summed E-state index contributed by atoms with van der Waals surface area (Å²) in [6, 6.07) is 15.0. The predicted molar refractivity (Wildman–Crippen MR) is 162 cm³/mol. The van der Waals surface area contributed by atoms with Gasteiger partial charge in [-0.15, -0.1) is 0 Å². The van der Waals surface area contributed by atoms with E-state index in [4.69, 9.17) is 27.8 Å². The number of sulfone groups is 1. The summed E-state index contributed by atoms with van der Waals surface area (Å²) in [5.74, 6) is -1.05. The average Bonchev–Trinajstić information content (AvgIpc) is 3.02. The molecule has 0 atom stereocenters. The molecule has 5 rings (SSSR count). The fourth-order valence-electron chi connectivity index (χ4n) is 5.15. The lowest BCUT2D eigenvalue weighted by molar-refractivity contribution is 0.100. The summed E-state index contributed by atoms with van der Waals surface area (Å²) >= 11 is 6.70. The van der Waals surface area contributed by atoms with Gasteiger partial charge in [0.25, 0.3) is 5.91 Å². The van der Waals surface area contributed by atoms with Crippen molar-refractivity contribution >= 4 is 44.7 Å². The summed E-state index contributed by atoms with van der Waals surface area (Å²) < 4.78 is 33.2. The first kappa shape index (κ1) is 28.7. The monoisotopic (exact) mass is 596 g/mol. The first-order valence-corrected chi connectivity index (χ1v) is 15.2. The van der Waals surface area contributed by atoms with Crippen LogP contribution in [0.4, 0.5) is 11.4 Å². The summed E-state index contributed by atoms with van der Waals surface area (Å²) in [6.07, 6.45) is 0. The SMILES string of the molecule is Cc1cc(C(=O)N=C(N)N)cc2c1Oc1c(Cl)cc(N3CCN(Cc4ccc(N(C)C)cc4)CC3)cc1CS2(=O)=O. The summed E-state index contributed by atoms with van der Waals surface area (Å²) in [5, 5.41) is 0.323. The Bertz CT molecular complexity index is 1630. The van der Waals surface area contributed by atoms with Crippen LogP contribution in [-0.2, 0) is 22.1 Å². The zero-order valence-corrected chi connectivity index (χ0v) is 24.8. The van der Waals surface area contributed by atoms with Gasteiger partial charge in [-0.2, -0.15) is 4.99 Å². The standard InChI is InChI=1S/C29H33ClN6O4S/c1-18-12-20(28(37)33-29(31)32)14-25-26(18)40-27-21(17-41(25,38)39)13-23(15-24(27)30)36-10-8-35(9-11-36)16-19-4-6-22(7-5-19)34(2)3/h4-7,12-15H,8-11,16-17H2,1-3H3,(H4,31,32,33,37). The van der Waals surface area contributed by atoms with E-state index in [-0.39, 0.29) is 22.0 Å². The van der Waals surface area contributed by atoms with Gasteiger partial charge in [-0.05, 0) is 54.4 Å². The molecule has 3 aromatic carbocycles. The maximum atomic E-state index is 13.5. The molecule has 2 heterocycles. The maximum absolute atomic E-state index is 13.5. The second-order valence-corrected chi connectivity index (χ2v) is 12.9. The van der Waals surface area contributed by atoms with Gasteiger partial charge in [0.1, 0.15) is 16.4 Å². The summed E-state index contributed by atoms with van der Waals surface area (Å²) in [6.45, 7) is 5.78. The molecule has 2 aliphatic rings. The van der Waals surface area contributed by atoms with Crippen LogP contribution in [-0.4, -0.2) is 65.5 Å². The average molecular weight is 597 g/mol. The Balaban J connectivity index is 1.35. The molecule has 0 bridgehead atoms. The predicted octanol–water partition coefficient (Wildman–Crippen LogP) is 3.53. The Morgan fingerprint density at radius 1 is 1.02 bits per heavy atom. The van der Waals surface area contributed by atoms with Crippen molar-refractivity contribution < 1.29 is 17.9 Å². The van der Waals surface area contributed by atoms with Crippen LogP contribution in [0, 0.1) is 6.92 Å². The van der Waals surface area contributed by atoms with E-state index in [0.717, 1.165) is 38.4 Å². The Morgan fingerprint density at radius 3 is 2.34 bits per heavy atom. The van der Waals surface area contributed by atoms with Crippen molar-refractivity contribution in [2.24, 2.45) is 16.5 Å². The molecule has 3 aromatic rings. The van der Waals surface area contributed by atoms with Gasteiger partial charge in [-0.3, -0.25) is 9.69 Å². The lowest BCUT2D eigenvalue weighted by Crippen LogP contribution is -2.46. The molecule has 216 valence electrons. The highest BCUT2D eigenvalue weighted by atomic mass is 35.5. The quantitative estimate of drug-likeness (QED) is 0.335. The number of aryl methyl sites for hydroxylation is 1. The number of carbonyl (C=O) groups excluding carboxylic acids is 1. The number of nitrogens with zero attached hydrogens (tertiary/aromatic N) is 4. The van der Waals surface area contributed by atoms with Crippen molar-refractivity contribution in [2.45, 2.75) is 24.1 Å². The van der Waals surface area contributed by atoms with Gasteiger partial charge < -0.3 is 26.0 Å². The van der Waals surface area contributed by atoms with Gasteiger partial charge in [0.2, 0.25) is 0 Å². The highest BCUT2D eigenvalue weighted by Gasteiger charge is 2.32. The van der Waals surface area contributed by atoms with Crippen LogP contribution in [0.5, 0.6) is 11.5 Å². The first-order valence-electron chi connectivity index (χ1n) is 13.2. The molecule has 0 aliphatic carbocycles. The van der Waals surface area contributed by atoms with Crippen molar-refractivity contribution in [3.05, 3.63) is 75.8 Å². The number of piperazine rings is 1. The molecule has 2 aliphatic heterocycles. The Labute approximate surface area is 245 Å². The van der Waals surface area contributed by atoms with Crippen LogP contribution < -0.4 is 26.0 Å². The molecule has 0 unspecified atom stereocenters. The highest BCUT2D eigenvalue weighted by molar-refractivity contribution is 7.90. The molecule has 10 nitrogen and oxygen atoms in total. The lowest BCUT2D eigenvalue weighted by Gasteiger charge is -2.36. The second kappa shape index (κ2) is 11.2.